The van der Waals surface area contributed by atoms with Gasteiger partial charge in [0.2, 0.25) is 0 Å². The van der Waals surface area contributed by atoms with Gasteiger partial charge in [0.25, 0.3) is 0 Å². The predicted octanol–water partition coefficient (Wildman–Crippen LogP) is 4.51. The summed E-state index contributed by atoms with van der Waals surface area (Å²) < 4.78 is 11.7. The Morgan fingerprint density at radius 2 is 1.95 bits per heavy atom. The molecule has 0 unspecified atom stereocenters. The third-order valence-electron chi connectivity index (χ3n) is 3.57. The number of ketones is 1. The predicted molar refractivity (Wildman–Crippen MR) is 89.6 cm³/mol. The van der Waals surface area contributed by atoms with Crippen LogP contribution < -0.4 is 9.47 Å². The molecule has 3 rings (SSSR count). The van der Waals surface area contributed by atoms with Crippen molar-refractivity contribution in [2.45, 2.75) is 6.42 Å². The second-order valence-corrected chi connectivity index (χ2v) is 5.93. The number of ether oxygens (including phenoxy) is 2. The third-order valence-corrected chi connectivity index (χ3v) is 4.06. The maximum Gasteiger partial charge on any atom is 0.192 e. The van der Waals surface area contributed by atoms with Crippen LogP contribution in [0.2, 0.25) is 0 Å². The topological polar surface area (TPSA) is 35.5 Å². The average Bonchev–Trinajstić information content (AvgIpc) is 2.68. The molecule has 22 heavy (non-hydrogen) atoms. The van der Waals surface area contributed by atoms with Crippen LogP contribution in [0.25, 0.3) is 6.08 Å². The Kier molecular flexibility index (Phi) is 4.29. The molecule has 0 aliphatic carbocycles. The van der Waals surface area contributed by atoms with E-state index in [1.54, 1.807) is 13.2 Å². The van der Waals surface area contributed by atoms with Crippen molar-refractivity contribution in [3.05, 3.63) is 63.6 Å². The Morgan fingerprint density at radius 3 is 2.68 bits per heavy atom. The highest BCUT2D eigenvalue weighted by Crippen LogP contribution is 2.30. The number of rotatable bonds is 2. The number of benzene rings is 2. The molecule has 0 saturated heterocycles. The Balaban J connectivity index is 1.95. The van der Waals surface area contributed by atoms with Crippen LogP contribution in [-0.2, 0) is 0 Å². The molecule has 2 aromatic carbocycles. The highest BCUT2D eigenvalue weighted by atomic mass is 79.9. The van der Waals surface area contributed by atoms with E-state index in [0.717, 1.165) is 21.4 Å². The van der Waals surface area contributed by atoms with Gasteiger partial charge in [-0.3, -0.25) is 4.79 Å². The molecule has 0 amide bonds. The van der Waals surface area contributed by atoms with Crippen LogP contribution in [-0.4, -0.2) is 19.5 Å². The molecule has 0 fully saturated rings. The van der Waals surface area contributed by atoms with Gasteiger partial charge in [0.05, 0.1) is 19.3 Å². The molecule has 0 bridgehead atoms. The van der Waals surface area contributed by atoms with Crippen molar-refractivity contribution < 1.29 is 14.3 Å². The molecule has 1 aliphatic rings. The van der Waals surface area contributed by atoms with Crippen LogP contribution in [0.15, 0.2) is 52.5 Å². The van der Waals surface area contributed by atoms with E-state index in [4.69, 9.17) is 9.47 Å². The summed E-state index contributed by atoms with van der Waals surface area (Å²) >= 11 is 3.40. The lowest BCUT2D eigenvalue weighted by molar-refractivity contribution is 0.103. The first-order valence-electron chi connectivity index (χ1n) is 6.99. The molecule has 0 radical (unpaired) electrons. The van der Waals surface area contributed by atoms with E-state index in [2.05, 4.69) is 15.9 Å². The number of methoxy groups -OCH3 is 1. The summed E-state index contributed by atoms with van der Waals surface area (Å²) in [7, 11) is 1.63. The SMILES string of the molecule is COc1ccc(C=C2CCOc3cc(Br)ccc3C2=O)cc1. The maximum absolute atomic E-state index is 12.7. The minimum absolute atomic E-state index is 0.0239. The molecule has 0 aromatic heterocycles. The van der Waals surface area contributed by atoms with E-state index in [9.17, 15) is 4.79 Å². The fourth-order valence-electron chi connectivity index (χ4n) is 2.40. The first-order chi connectivity index (χ1) is 10.7. The van der Waals surface area contributed by atoms with E-state index in [0.29, 0.717) is 24.3 Å². The number of Topliss-reactive ketones (excluding diaryl/α,β-unsaturated/α-hetero) is 1. The van der Waals surface area contributed by atoms with Gasteiger partial charge in [0, 0.05) is 16.5 Å². The van der Waals surface area contributed by atoms with Crippen molar-refractivity contribution in [1.82, 2.24) is 0 Å². The van der Waals surface area contributed by atoms with Crippen LogP contribution in [0.3, 0.4) is 0 Å². The van der Waals surface area contributed by atoms with Crippen molar-refractivity contribution in [1.29, 1.82) is 0 Å². The number of carbonyl (C=O) groups excluding carboxylic acids is 1. The zero-order chi connectivity index (χ0) is 15.5. The van der Waals surface area contributed by atoms with Gasteiger partial charge in [-0.1, -0.05) is 28.1 Å². The number of hydrogen-bond acceptors (Lipinski definition) is 3. The van der Waals surface area contributed by atoms with Gasteiger partial charge in [-0.15, -0.1) is 0 Å². The zero-order valence-electron chi connectivity index (χ0n) is 12.1. The summed E-state index contributed by atoms with van der Waals surface area (Å²) in [5.74, 6) is 1.46. The molecule has 3 nitrogen and oxygen atoms in total. The summed E-state index contributed by atoms with van der Waals surface area (Å²) in [5.41, 5.74) is 2.34. The van der Waals surface area contributed by atoms with Crippen LogP contribution in [0.4, 0.5) is 0 Å². The number of halogens is 1. The lowest BCUT2D eigenvalue weighted by atomic mass is 9.99. The zero-order valence-corrected chi connectivity index (χ0v) is 13.7. The Bertz CT molecular complexity index is 732. The first-order valence-corrected chi connectivity index (χ1v) is 7.78. The highest BCUT2D eigenvalue weighted by molar-refractivity contribution is 9.10. The Labute approximate surface area is 137 Å². The summed E-state index contributed by atoms with van der Waals surface area (Å²) in [6, 6.07) is 13.1. The van der Waals surface area contributed by atoms with Gasteiger partial charge >= 0.3 is 0 Å². The molecule has 0 spiro atoms. The molecular weight excluding hydrogens is 344 g/mol. The molecular formula is C18H15BrO3. The van der Waals surface area contributed by atoms with Gasteiger partial charge in [-0.05, 0) is 42.0 Å². The van der Waals surface area contributed by atoms with Crippen molar-refractivity contribution in [2.75, 3.05) is 13.7 Å². The summed E-state index contributed by atoms with van der Waals surface area (Å²) in [5, 5.41) is 0. The highest BCUT2D eigenvalue weighted by Gasteiger charge is 2.21. The first kappa shape index (κ1) is 14.9. The second kappa shape index (κ2) is 6.36. The monoisotopic (exact) mass is 358 g/mol. The van der Waals surface area contributed by atoms with E-state index in [-0.39, 0.29) is 5.78 Å². The summed E-state index contributed by atoms with van der Waals surface area (Å²) in [4.78, 5) is 12.7. The molecule has 0 saturated carbocycles. The lowest BCUT2D eigenvalue weighted by Crippen LogP contribution is -2.02. The molecule has 0 N–H and O–H groups in total. The maximum atomic E-state index is 12.7. The van der Waals surface area contributed by atoms with E-state index >= 15 is 0 Å². The minimum atomic E-state index is 0.0239. The standard InChI is InChI=1S/C18H15BrO3/c1-21-15-5-2-12(3-6-15)10-13-8-9-22-17-11-14(19)4-7-16(17)18(13)20/h2-7,10-11H,8-9H2,1H3. The summed E-state index contributed by atoms with van der Waals surface area (Å²) in [6.07, 6.45) is 2.51. The van der Waals surface area contributed by atoms with Crippen molar-refractivity contribution in [3.8, 4) is 11.5 Å². The van der Waals surface area contributed by atoms with Crippen molar-refractivity contribution >= 4 is 27.8 Å². The second-order valence-electron chi connectivity index (χ2n) is 5.01. The van der Waals surface area contributed by atoms with E-state index in [1.165, 1.54) is 0 Å². The van der Waals surface area contributed by atoms with Crippen molar-refractivity contribution in [3.63, 3.8) is 0 Å². The lowest BCUT2D eigenvalue weighted by Gasteiger charge is -2.05. The van der Waals surface area contributed by atoms with E-state index < -0.39 is 0 Å². The number of carbonyl (C=O) groups is 1. The smallest absolute Gasteiger partial charge is 0.192 e. The number of hydrogen-bond donors (Lipinski definition) is 0. The van der Waals surface area contributed by atoms with Gasteiger partial charge in [0.15, 0.2) is 5.78 Å². The Morgan fingerprint density at radius 1 is 1.18 bits per heavy atom. The van der Waals surface area contributed by atoms with Crippen LogP contribution in [0.5, 0.6) is 11.5 Å². The van der Waals surface area contributed by atoms with Gasteiger partial charge in [0.1, 0.15) is 11.5 Å². The van der Waals surface area contributed by atoms with Gasteiger partial charge in [-0.2, -0.15) is 0 Å². The fourth-order valence-corrected chi connectivity index (χ4v) is 2.74. The summed E-state index contributed by atoms with van der Waals surface area (Å²) in [6.45, 7) is 0.497. The molecule has 4 heteroatoms. The largest absolute Gasteiger partial charge is 0.497 e. The van der Waals surface area contributed by atoms with E-state index in [1.807, 2.05) is 42.5 Å². The average molecular weight is 359 g/mol. The molecule has 1 heterocycles. The van der Waals surface area contributed by atoms with Crippen LogP contribution in [0, 0.1) is 0 Å². The van der Waals surface area contributed by atoms with Crippen LogP contribution >= 0.6 is 15.9 Å². The van der Waals surface area contributed by atoms with Crippen molar-refractivity contribution in [2.24, 2.45) is 0 Å². The fraction of sp³-hybridized carbons (Fsp3) is 0.167. The van der Waals surface area contributed by atoms with Crippen LogP contribution in [0.1, 0.15) is 22.3 Å². The Hall–Kier alpha value is -2.07. The molecule has 1 aliphatic heterocycles. The molecule has 112 valence electrons. The molecule has 2 aromatic rings. The third kappa shape index (κ3) is 3.07. The quantitative estimate of drug-likeness (QED) is 0.741. The van der Waals surface area contributed by atoms with Gasteiger partial charge < -0.3 is 9.47 Å². The molecule has 0 atom stereocenters. The normalized spacial score (nSPS) is 15.9. The number of fused-ring (bicyclic) bond motifs is 1. The van der Waals surface area contributed by atoms with Gasteiger partial charge in [-0.25, -0.2) is 0 Å². The minimum Gasteiger partial charge on any atom is -0.497 e.